The summed E-state index contributed by atoms with van der Waals surface area (Å²) in [5.41, 5.74) is 3.46. The van der Waals surface area contributed by atoms with Gasteiger partial charge in [0.25, 0.3) is 10.0 Å². The second-order valence-electron chi connectivity index (χ2n) is 6.80. The van der Waals surface area contributed by atoms with Crippen LogP contribution in [0.3, 0.4) is 0 Å². The van der Waals surface area contributed by atoms with Gasteiger partial charge in [0.05, 0.1) is 18.2 Å². The Bertz CT molecular complexity index is 1090. The molecule has 0 saturated carbocycles. The van der Waals surface area contributed by atoms with E-state index >= 15 is 0 Å². The highest BCUT2D eigenvalue weighted by Crippen LogP contribution is 2.36. The summed E-state index contributed by atoms with van der Waals surface area (Å²) in [6.07, 6.45) is 4.89. The number of rotatable bonds is 5. The number of aromatic nitrogens is 1. The van der Waals surface area contributed by atoms with Crippen molar-refractivity contribution >= 4 is 32.5 Å². The molecule has 8 heteroatoms. The van der Waals surface area contributed by atoms with Gasteiger partial charge in [-0.05, 0) is 42.5 Å². The molecule has 28 heavy (non-hydrogen) atoms. The summed E-state index contributed by atoms with van der Waals surface area (Å²) < 4.78 is 30.6. The van der Waals surface area contributed by atoms with E-state index in [1.807, 2.05) is 29.2 Å². The number of sulfonamides is 1. The molecule has 1 atom stereocenters. The SMILES string of the molecule is CONS(=O)(=O)c1c[nH]c2cc(Cl)c(-c3ccc(C4CCCCO4)cc3)cc12. The van der Waals surface area contributed by atoms with E-state index in [2.05, 4.69) is 9.82 Å². The Hall–Kier alpha value is -1.90. The smallest absolute Gasteiger partial charge is 0.264 e. The van der Waals surface area contributed by atoms with Crippen molar-refractivity contribution in [2.24, 2.45) is 0 Å². The molecule has 1 aromatic heterocycles. The summed E-state index contributed by atoms with van der Waals surface area (Å²) in [4.78, 5) is 9.69. The lowest BCUT2D eigenvalue weighted by Gasteiger charge is -2.23. The molecule has 0 radical (unpaired) electrons. The average Bonchev–Trinajstić information content (AvgIpc) is 3.12. The van der Waals surface area contributed by atoms with E-state index in [0.717, 1.165) is 36.1 Å². The van der Waals surface area contributed by atoms with Crippen molar-refractivity contribution in [2.45, 2.75) is 30.3 Å². The molecule has 6 nitrogen and oxygen atoms in total. The normalized spacial score (nSPS) is 17.9. The van der Waals surface area contributed by atoms with Crippen LogP contribution in [0.15, 0.2) is 47.5 Å². The van der Waals surface area contributed by atoms with Crippen LogP contribution in [0.2, 0.25) is 5.02 Å². The van der Waals surface area contributed by atoms with Crippen molar-refractivity contribution in [3.63, 3.8) is 0 Å². The molecular formula is C20H21ClN2O4S. The Morgan fingerprint density at radius 3 is 2.68 bits per heavy atom. The van der Waals surface area contributed by atoms with Crippen LogP contribution in [0.5, 0.6) is 0 Å². The van der Waals surface area contributed by atoms with Crippen molar-refractivity contribution in [2.75, 3.05) is 13.7 Å². The fourth-order valence-corrected chi connectivity index (χ4v) is 4.85. The summed E-state index contributed by atoms with van der Waals surface area (Å²) in [6.45, 7) is 0.801. The second kappa shape index (κ2) is 7.85. The van der Waals surface area contributed by atoms with Gasteiger partial charge in [0.15, 0.2) is 0 Å². The zero-order chi connectivity index (χ0) is 19.7. The number of fused-ring (bicyclic) bond motifs is 1. The largest absolute Gasteiger partial charge is 0.374 e. The lowest BCUT2D eigenvalue weighted by molar-refractivity contribution is 0.0149. The number of H-pyrrole nitrogens is 1. The van der Waals surface area contributed by atoms with Gasteiger partial charge < -0.3 is 9.72 Å². The first-order valence-electron chi connectivity index (χ1n) is 9.07. The monoisotopic (exact) mass is 420 g/mol. The van der Waals surface area contributed by atoms with Crippen LogP contribution in [0.1, 0.15) is 30.9 Å². The predicted octanol–water partition coefficient (Wildman–Crippen LogP) is 4.57. The number of hydrogen-bond donors (Lipinski definition) is 2. The van der Waals surface area contributed by atoms with Crippen molar-refractivity contribution in [3.8, 4) is 11.1 Å². The van der Waals surface area contributed by atoms with Gasteiger partial charge >= 0.3 is 0 Å². The lowest BCUT2D eigenvalue weighted by Crippen LogP contribution is -2.21. The van der Waals surface area contributed by atoms with Crippen LogP contribution in [0, 0.1) is 0 Å². The predicted molar refractivity (Wildman–Crippen MR) is 109 cm³/mol. The third kappa shape index (κ3) is 3.68. The Balaban J connectivity index is 1.73. The van der Waals surface area contributed by atoms with E-state index in [1.165, 1.54) is 19.7 Å². The maximum Gasteiger partial charge on any atom is 0.264 e. The Morgan fingerprint density at radius 1 is 1.21 bits per heavy atom. The summed E-state index contributed by atoms with van der Waals surface area (Å²) >= 11 is 6.48. The number of nitrogens with one attached hydrogen (secondary N) is 2. The molecule has 2 N–H and O–H groups in total. The summed E-state index contributed by atoms with van der Waals surface area (Å²) in [7, 11) is -2.53. The summed E-state index contributed by atoms with van der Waals surface area (Å²) in [5.74, 6) is 0. The fraction of sp³-hybridized carbons (Fsp3) is 0.300. The van der Waals surface area contributed by atoms with Crippen molar-refractivity contribution in [1.29, 1.82) is 0 Å². The molecule has 2 aromatic carbocycles. The Labute approximate surface area is 168 Å². The Morgan fingerprint density at radius 2 is 2.00 bits per heavy atom. The third-order valence-corrected chi connectivity index (χ3v) is 6.60. The molecule has 0 bridgehead atoms. The fourth-order valence-electron chi connectivity index (χ4n) is 3.60. The van der Waals surface area contributed by atoms with Gasteiger partial charge in [-0.15, -0.1) is 0 Å². The second-order valence-corrected chi connectivity index (χ2v) is 8.82. The maximum atomic E-state index is 12.4. The zero-order valence-corrected chi connectivity index (χ0v) is 16.9. The zero-order valence-electron chi connectivity index (χ0n) is 15.4. The molecule has 1 saturated heterocycles. The Kier molecular flexibility index (Phi) is 5.44. The first-order chi connectivity index (χ1) is 13.5. The molecule has 1 aliphatic rings. The molecule has 1 unspecified atom stereocenters. The van der Waals surface area contributed by atoms with Crippen LogP contribution < -0.4 is 4.89 Å². The minimum Gasteiger partial charge on any atom is -0.374 e. The number of benzene rings is 2. The third-order valence-electron chi connectivity index (χ3n) is 4.99. The highest BCUT2D eigenvalue weighted by Gasteiger charge is 2.21. The molecule has 0 spiro atoms. The topological polar surface area (TPSA) is 80.4 Å². The molecular weight excluding hydrogens is 400 g/mol. The number of hydrogen-bond acceptors (Lipinski definition) is 4. The summed E-state index contributed by atoms with van der Waals surface area (Å²) in [6, 6.07) is 11.6. The van der Waals surface area contributed by atoms with Gasteiger partial charge in [0, 0.05) is 29.3 Å². The van der Waals surface area contributed by atoms with Gasteiger partial charge in [-0.1, -0.05) is 40.8 Å². The van der Waals surface area contributed by atoms with Crippen molar-refractivity contribution in [1.82, 2.24) is 9.87 Å². The average molecular weight is 421 g/mol. The van der Waals surface area contributed by atoms with Gasteiger partial charge in [0.1, 0.15) is 4.90 Å². The van der Waals surface area contributed by atoms with E-state index in [9.17, 15) is 8.42 Å². The van der Waals surface area contributed by atoms with Gasteiger partial charge in [0.2, 0.25) is 0 Å². The highest BCUT2D eigenvalue weighted by molar-refractivity contribution is 7.89. The standard InChI is InChI=1S/C20H21ClN2O4S/c1-26-23-28(24,25)20-12-22-18-11-17(21)15(10-16(18)20)13-5-7-14(8-6-13)19-4-2-3-9-27-19/h5-8,10-12,19,22-23H,2-4,9H2,1H3. The van der Waals surface area contributed by atoms with E-state index in [-0.39, 0.29) is 11.0 Å². The van der Waals surface area contributed by atoms with E-state index < -0.39 is 10.0 Å². The van der Waals surface area contributed by atoms with Gasteiger partial charge in [-0.25, -0.2) is 8.42 Å². The molecule has 1 fully saturated rings. The van der Waals surface area contributed by atoms with Gasteiger partial charge in [-0.3, -0.25) is 4.84 Å². The van der Waals surface area contributed by atoms with Crippen LogP contribution >= 0.6 is 11.6 Å². The number of aromatic amines is 1. The highest BCUT2D eigenvalue weighted by atomic mass is 35.5. The van der Waals surface area contributed by atoms with Crippen LogP contribution in [0.4, 0.5) is 0 Å². The summed E-state index contributed by atoms with van der Waals surface area (Å²) in [5, 5.41) is 1.09. The van der Waals surface area contributed by atoms with E-state index in [4.69, 9.17) is 16.3 Å². The van der Waals surface area contributed by atoms with Crippen molar-refractivity contribution < 1.29 is 18.0 Å². The molecule has 0 aliphatic carbocycles. The lowest BCUT2D eigenvalue weighted by atomic mass is 9.97. The van der Waals surface area contributed by atoms with Gasteiger partial charge in [-0.2, -0.15) is 0 Å². The molecule has 148 valence electrons. The maximum absolute atomic E-state index is 12.4. The molecule has 3 aromatic rings. The van der Waals surface area contributed by atoms with Crippen LogP contribution in [-0.2, 0) is 19.6 Å². The number of ether oxygens (including phenoxy) is 1. The van der Waals surface area contributed by atoms with Crippen LogP contribution in [-0.4, -0.2) is 27.1 Å². The minimum atomic E-state index is -3.79. The molecule has 4 rings (SSSR count). The first kappa shape index (κ1) is 19.4. The molecule has 2 heterocycles. The van der Waals surface area contributed by atoms with E-state index in [1.54, 1.807) is 12.1 Å². The molecule has 1 aliphatic heterocycles. The first-order valence-corrected chi connectivity index (χ1v) is 10.9. The van der Waals surface area contributed by atoms with E-state index in [0.29, 0.717) is 15.9 Å². The minimum absolute atomic E-state index is 0.106. The molecule has 0 amide bonds. The van der Waals surface area contributed by atoms with Crippen molar-refractivity contribution in [3.05, 3.63) is 53.2 Å². The number of halogens is 1. The quantitative estimate of drug-likeness (QED) is 0.592. The van der Waals surface area contributed by atoms with Crippen LogP contribution in [0.25, 0.3) is 22.0 Å².